The van der Waals surface area contributed by atoms with E-state index in [1.807, 2.05) is 18.2 Å². The van der Waals surface area contributed by atoms with E-state index < -0.39 is 0 Å². The van der Waals surface area contributed by atoms with E-state index in [0.29, 0.717) is 11.6 Å². The zero-order valence-corrected chi connectivity index (χ0v) is 9.85. The predicted molar refractivity (Wildman–Crippen MR) is 65.6 cm³/mol. The zero-order chi connectivity index (χ0) is 11.4. The normalized spacial score (nSPS) is 9.75. The van der Waals surface area contributed by atoms with Crippen LogP contribution in [0.3, 0.4) is 0 Å². The van der Waals surface area contributed by atoms with E-state index >= 15 is 0 Å². The third-order valence-corrected chi connectivity index (χ3v) is 3.16. The summed E-state index contributed by atoms with van der Waals surface area (Å²) in [5.74, 6) is 0.774. The highest BCUT2D eigenvalue weighted by Gasteiger charge is 1.99. The minimum Gasteiger partial charge on any atom is -0.365 e. The molecular weight excluding hydrogens is 242 g/mol. The van der Waals surface area contributed by atoms with Crippen molar-refractivity contribution < 1.29 is 0 Å². The van der Waals surface area contributed by atoms with E-state index in [1.165, 1.54) is 11.3 Å². The van der Waals surface area contributed by atoms with E-state index in [4.69, 9.17) is 16.9 Å². The molecule has 3 nitrogen and oxygen atoms in total. The molecule has 1 N–H and O–H groups in total. The van der Waals surface area contributed by atoms with Crippen molar-refractivity contribution in [3.8, 4) is 6.07 Å². The van der Waals surface area contributed by atoms with Gasteiger partial charge in [0.1, 0.15) is 16.8 Å². The van der Waals surface area contributed by atoms with Gasteiger partial charge in [-0.25, -0.2) is 4.98 Å². The lowest BCUT2D eigenvalue weighted by Gasteiger charge is -2.02. The van der Waals surface area contributed by atoms with Gasteiger partial charge in [-0.3, -0.25) is 0 Å². The molecule has 0 spiro atoms. The lowest BCUT2D eigenvalue weighted by Crippen LogP contribution is -1.98. The van der Waals surface area contributed by atoms with Crippen LogP contribution < -0.4 is 5.32 Å². The van der Waals surface area contributed by atoms with Crippen LogP contribution in [0, 0.1) is 11.3 Å². The lowest BCUT2D eigenvalue weighted by molar-refractivity contribution is 1.14. The van der Waals surface area contributed by atoms with Crippen molar-refractivity contribution >= 4 is 28.8 Å². The molecule has 2 aromatic heterocycles. The predicted octanol–water partition coefficient (Wildman–Crippen LogP) is 3.28. The molecule has 2 aromatic rings. The number of pyridine rings is 1. The quantitative estimate of drug-likeness (QED) is 0.908. The Kier molecular flexibility index (Phi) is 3.40. The van der Waals surface area contributed by atoms with Gasteiger partial charge in [-0.2, -0.15) is 5.26 Å². The van der Waals surface area contributed by atoms with Gasteiger partial charge in [0.15, 0.2) is 0 Å². The molecule has 0 fully saturated rings. The summed E-state index contributed by atoms with van der Waals surface area (Å²) in [7, 11) is 0. The van der Waals surface area contributed by atoms with Gasteiger partial charge < -0.3 is 5.32 Å². The molecule has 0 aliphatic heterocycles. The van der Waals surface area contributed by atoms with Gasteiger partial charge in [0.25, 0.3) is 0 Å². The highest BCUT2D eigenvalue weighted by molar-refractivity contribution is 7.12. The van der Waals surface area contributed by atoms with Crippen molar-refractivity contribution in [2.45, 2.75) is 6.54 Å². The summed E-state index contributed by atoms with van der Waals surface area (Å²) >= 11 is 7.20. The first-order valence-corrected chi connectivity index (χ1v) is 5.81. The van der Waals surface area contributed by atoms with E-state index in [2.05, 4.69) is 16.4 Å². The molecule has 0 radical (unpaired) electrons. The first kappa shape index (κ1) is 10.9. The number of nitrogens with one attached hydrogen (secondary N) is 1. The van der Waals surface area contributed by atoms with Gasteiger partial charge in [0.2, 0.25) is 0 Å². The van der Waals surface area contributed by atoms with Gasteiger partial charge in [-0.05, 0) is 24.3 Å². The third kappa shape index (κ3) is 2.72. The molecule has 0 aromatic carbocycles. The second-order valence-electron chi connectivity index (χ2n) is 3.09. The van der Waals surface area contributed by atoms with Crippen LogP contribution in [-0.4, -0.2) is 4.98 Å². The fourth-order valence-electron chi connectivity index (χ4n) is 1.19. The molecule has 0 bridgehead atoms. The molecule has 80 valence electrons. The summed E-state index contributed by atoms with van der Waals surface area (Å²) in [6.45, 7) is 0.668. The molecular formula is C11H8ClN3S. The fraction of sp³-hybridized carbons (Fsp3) is 0.0909. The van der Waals surface area contributed by atoms with Crippen LogP contribution in [0.15, 0.2) is 30.5 Å². The maximum atomic E-state index is 8.68. The van der Waals surface area contributed by atoms with Crippen molar-refractivity contribution in [2.75, 3.05) is 5.32 Å². The number of hydrogen-bond donors (Lipinski definition) is 1. The molecule has 2 rings (SSSR count). The molecule has 0 unspecified atom stereocenters. The standard InChI is InChI=1S/C11H8ClN3S/c12-8-1-4-11(14-6-8)15-7-10-3-2-9(5-13)16-10/h1-4,6H,7H2,(H,14,15). The van der Waals surface area contributed by atoms with Crippen molar-refractivity contribution in [1.82, 2.24) is 4.98 Å². The Morgan fingerprint density at radius 2 is 2.25 bits per heavy atom. The Morgan fingerprint density at radius 3 is 2.88 bits per heavy atom. The number of halogens is 1. The average molecular weight is 250 g/mol. The summed E-state index contributed by atoms with van der Waals surface area (Å²) < 4.78 is 0. The van der Waals surface area contributed by atoms with Crippen LogP contribution in [0.5, 0.6) is 0 Å². The lowest BCUT2D eigenvalue weighted by atomic mass is 10.4. The zero-order valence-electron chi connectivity index (χ0n) is 8.27. The highest BCUT2D eigenvalue weighted by Crippen LogP contribution is 2.17. The van der Waals surface area contributed by atoms with E-state index in [0.717, 1.165) is 15.6 Å². The Hall–Kier alpha value is -1.57. The van der Waals surface area contributed by atoms with Crippen LogP contribution >= 0.6 is 22.9 Å². The summed E-state index contributed by atoms with van der Waals surface area (Å²) in [4.78, 5) is 5.94. The Labute approximate surface area is 102 Å². The largest absolute Gasteiger partial charge is 0.365 e. The minimum atomic E-state index is 0.619. The van der Waals surface area contributed by atoms with Crippen molar-refractivity contribution in [2.24, 2.45) is 0 Å². The number of nitrogens with zero attached hydrogens (tertiary/aromatic N) is 2. The molecule has 0 saturated carbocycles. The van der Waals surface area contributed by atoms with Gasteiger partial charge in [-0.1, -0.05) is 11.6 Å². The van der Waals surface area contributed by atoms with Gasteiger partial charge >= 0.3 is 0 Å². The number of hydrogen-bond acceptors (Lipinski definition) is 4. The molecule has 0 aliphatic carbocycles. The average Bonchev–Trinajstić information content (AvgIpc) is 2.76. The van der Waals surface area contributed by atoms with Crippen molar-refractivity contribution in [3.63, 3.8) is 0 Å². The first-order chi connectivity index (χ1) is 7.78. The minimum absolute atomic E-state index is 0.619. The summed E-state index contributed by atoms with van der Waals surface area (Å²) in [6, 6.07) is 9.47. The summed E-state index contributed by atoms with van der Waals surface area (Å²) in [6.07, 6.45) is 1.60. The molecule has 0 atom stereocenters. The first-order valence-electron chi connectivity index (χ1n) is 4.62. The fourth-order valence-corrected chi connectivity index (χ4v) is 2.05. The highest BCUT2D eigenvalue weighted by atomic mass is 35.5. The molecule has 5 heteroatoms. The van der Waals surface area contributed by atoms with E-state index in [1.54, 1.807) is 12.3 Å². The number of nitriles is 1. The molecule has 0 amide bonds. The monoisotopic (exact) mass is 249 g/mol. The van der Waals surface area contributed by atoms with E-state index in [-0.39, 0.29) is 0 Å². The molecule has 0 aliphatic rings. The van der Waals surface area contributed by atoms with E-state index in [9.17, 15) is 0 Å². The number of aromatic nitrogens is 1. The van der Waals surface area contributed by atoms with Crippen LogP contribution in [-0.2, 0) is 6.54 Å². The van der Waals surface area contributed by atoms with Crippen molar-refractivity contribution in [3.05, 3.63) is 45.2 Å². The SMILES string of the molecule is N#Cc1ccc(CNc2ccc(Cl)cn2)s1. The smallest absolute Gasteiger partial charge is 0.126 e. The number of thiophene rings is 1. The molecule has 2 heterocycles. The topological polar surface area (TPSA) is 48.7 Å². The van der Waals surface area contributed by atoms with Crippen LogP contribution in [0.25, 0.3) is 0 Å². The Bertz CT molecular complexity index is 513. The van der Waals surface area contributed by atoms with Crippen LogP contribution in [0.2, 0.25) is 5.02 Å². The van der Waals surface area contributed by atoms with Crippen LogP contribution in [0.1, 0.15) is 9.75 Å². The summed E-state index contributed by atoms with van der Waals surface area (Å²) in [5, 5.41) is 12.5. The maximum Gasteiger partial charge on any atom is 0.126 e. The van der Waals surface area contributed by atoms with Gasteiger partial charge in [0, 0.05) is 11.1 Å². The summed E-state index contributed by atoms with van der Waals surface area (Å²) in [5.41, 5.74) is 0. The molecule has 16 heavy (non-hydrogen) atoms. The van der Waals surface area contributed by atoms with Gasteiger partial charge in [0.05, 0.1) is 11.6 Å². The maximum absolute atomic E-state index is 8.68. The Balaban J connectivity index is 1.97. The Morgan fingerprint density at radius 1 is 1.38 bits per heavy atom. The van der Waals surface area contributed by atoms with Crippen molar-refractivity contribution in [1.29, 1.82) is 5.26 Å². The number of anilines is 1. The molecule has 0 saturated heterocycles. The number of rotatable bonds is 3. The second kappa shape index (κ2) is 4.97. The van der Waals surface area contributed by atoms with Crippen LogP contribution in [0.4, 0.5) is 5.82 Å². The second-order valence-corrected chi connectivity index (χ2v) is 4.70. The third-order valence-electron chi connectivity index (χ3n) is 1.94. The van der Waals surface area contributed by atoms with Gasteiger partial charge in [-0.15, -0.1) is 11.3 Å².